The summed E-state index contributed by atoms with van der Waals surface area (Å²) in [6.07, 6.45) is 2.25. The molecule has 0 amide bonds. The summed E-state index contributed by atoms with van der Waals surface area (Å²) in [6.45, 7) is 2.98. The first-order valence-electron chi connectivity index (χ1n) is 10.6. The minimum Gasteiger partial charge on any atom is -0.497 e. The number of hydrogen-bond acceptors (Lipinski definition) is 3. The van der Waals surface area contributed by atoms with Crippen LogP contribution in [0.3, 0.4) is 0 Å². The van der Waals surface area contributed by atoms with Crippen molar-refractivity contribution in [3.05, 3.63) is 101 Å². The van der Waals surface area contributed by atoms with Gasteiger partial charge in [-0.3, -0.25) is 4.90 Å². The molecule has 1 saturated heterocycles. The lowest BCUT2D eigenvalue weighted by molar-refractivity contribution is 0.162. The highest BCUT2D eigenvalue weighted by Gasteiger charge is 2.28. The molecule has 3 aromatic carbocycles. The van der Waals surface area contributed by atoms with Gasteiger partial charge in [0.1, 0.15) is 5.75 Å². The number of likely N-dealkylation sites (tertiary alicyclic amines) is 1. The van der Waals surface area contributed by atoms with Crippen molar-refractivity contribution in [2.75, 3.05) is 20.2 Å². The molecule has 0 aliphatic carbocycles. The summed E-state index contributed by atoms with van der Waals surface area (Å²) < 4.78 is 5.49. The average Bonchev–Trinajstić information content (AvgIpc) is 2.81. The van der Waals surface area contributed by atoms with E-state index >= 15 is 0 Å². The second kappa shape index (κ2) is 10.1. The van der Waals surface area contributed by atoms with Crippen LogP contribution in [0.25, 0.3) is 0 Å². The number of halogens is 1. The number of ether oxygens (including phenoxy) is 1. The summed E-state index contributed by atoms with van der Waals surface area (Å²) in [4.78, 5) is 2.55. The van der Waals surface area contributed by atoms with Crippen molar-refractivity contribution in [3.8, 4) is 5.75 Å². The summed E-state index contributed by atoms with van der Waals surface area (Å²) in [5.74, 6) is 0.879. The molecule has 1 N–H and O–H groups in total. The van der Waals surface area contributed by atoms with E-state index in [1.165, 1.54) is 11.1 Å². The third-order valence-corrected chi connectivity index (χ3v) is 6.29. The van der Waals surface area contributed by atoms with E-state index in [1.54, 1.807) is 7.11 Å². The van der Waals surface area contributed by atoms with Crippen LogP contribution in [0.2, 0.25) is 5.02 Å². The van der Waals surface area contributed by atoms with E-state index in [-0.39, 0.29) is 6.04 Å². The maximum Gasteiger partial charge on any atom is 0.119 e. The summed E-state index contributed by atoms with van der Waals surface area (Å²) >= 11 is 6.64. The lowest BCUT2D eigenvalue weighted by atomic mass is 9.93. The quantitative estimate of drug-likeness (QED) is 0.531. The second-order valence-corrected chi connectivity index (χ2v) is 8.28. The molecule has 0 saturated carbocycles. The average molecular weight is 421 g/mol. The Balaban J connectivity index is 1.49. The van der Waals surface area contributed by atoms with E-state index in [0.29, 0.717) is 6.04 Å². The molecule has 0 bridgehead atoms. The van der Waals surface area contributed by atoms with E-state index in [4.69, 9.17) is 16.3 Å². The lowest BCUT2D eigenvalue weighted by Crippen LogP contribution is -2.44. The van der Waals surface area contributed by atoms with Crippen LogP contribution in [0, 0.1) is 0 Å². The molecule has 1 heterocycles. The Labute approximate surface area is 184 Å². The fourth-order valence-electron chi connectivity index (χ4n) is 4.32. The van der Waals surface area contributed by atoms with Crippen molar-refractivity contribution in [1.29, 1.82) is 0 Å². The Bertz CT molecular complexity index is 939. The number of rotatable bonds is 7. The number of nitrogens with zero attached hydrogens (tertiary/aromatic N) is 1. The van der Waals surface area contributed by atoms with E-state index in [2.05, 4.69) is 70.9 Å². The molecule has 1 unspecified atom stereocenters. The smallest absolute Gasteiger partial charge is 0.119 e. The highest BCUT2D eigenvalue weighted by Crippen LogP contribution is 2.36. The van der Waals surface area contributed by atoms with Crippen molar-refractivity contribution < 1.29 is 4.74 Å². The number of methoxy groups -OCH3 is 1. The number of piperidine rings is 1. The predicted octanol–water partition coefficient (Wildman–Crippen LogP) is 5.69. The minimum absolute atomic E-state index is 0.129. The van der Waals surface area contributed by atoms with E-state index < -0.39 is 0 Å². The third-order valence-electron chi connectivity index (χ3n) is 5.94. The van der Waals surface area contributed by atoms with Gasteiger partial charge in [0.05, 0.1) is 13.2 Å². The standard InChI is InChI=1S/C26H29ClN2O/c1-30-23-11-7-10-21(18-23)26(24-12-5-6-13-25(24)27)29-16-14-22(15-17-29)28-19-20-8-3-2-4-9-20/h2-13,18,22,26,28H,14-17,19H2,1H3. The van der Waals surface area contributed by atoms with Gasteiger partial charge in [0, 0.05) is 30.7 Å². The van der Waals surface area contributed by atoms with Crippen LogP contribution in [0.15, 0.2) is 78.9 Å². The Kier molecular flexibility index (Phi) is 7.06. The Morgan fingerprint density at radius 3 is 2.43 bits per heavy atom. The molecule has 0 spiro atoms. The molecule has 0 radical (unpaired) electrons. The van der Waals surface area contributed by atoms with Gasteiger partial charge in [-0.15, -0.1) is 0 Å². The van der Waals surface area contributed by atoms with Crippen LogP contribution in [0.1, 0.15) is 35.6 Å². The molecular formula is C26H29ClN2O. The SMILES string of the molecule is COc1cccc(C(c2ccccc2Cl)N2CCC(NCc3ccccc3)CC2)c1. The van der Waals surface area contributed by atoms with Crippen LogP contribution >= 0.6 is 11.6 Å². The van der Waals surface area contributed by atoms with Crippen molar-refractivity contribution in [3.63, 3.8) is 0 Å². The normalized spacial score (nSPS) is 16.3. The van der Waals surface area contributed by atoms with E-state index in [0.717, 1.165) is 48.8 Å². The predicted molar refractivity (Wildman–Crippen MR) is 124 cm³/mol. The molecule has 4 heteroatoms. The van der Waals surface area contributed by atoms with Gasteiger partial charge >= 0.3 is 0 Å². The molecule has 156 valence electrons. The van der Waals surface area contributed by atoms with Gasteiger partial charge < -0.3 is 10.1 Å². The first kappa shape index (κ1) is 20.9. The maximum absolute atomic E-state index is 6.64. The van der Waals surface area contributed by atoms with Crippen LogP contribution in [-0.4, -0.2) is 31.1 Å². The van der Waals surface area contributed by atoms with Gasteiger partial charge in [-0.05, 0) is 47.7 Å². The van der Waals surface area contributed by atoms with Crippen LogP contribution < -0.4 is 10.1 Å². The van der Waals surface area contributed by atoms with Gasteiger partial charge in [0.2, 0.25) is 0 Å². The minimum atomic E-state index is 0.129. The highest BCUT2D eigenvalue weighted by molar-refractivity contribution is 6.31. The lowest BCUT2D eigenvalue weighted by Gasteiger charge is -2.38. The monoisotopic (exact) mass is 420 g/mol. The van der Waals surface area contributed by atoms with Crippen molar-refractivity contribution in [1.82, 2.24) is 10.2 Å². The molecule has 1 aliphatic heterocycles. The summed E-state index contributed by atoms with van der Waals surface area (Å²) in [5.41, 5.74) is 3.71. The molecule has 1 fully saturated rings. The summed E-state index contributed by atoms with van der Waals surface area (Å²) in [7, 11) is 1.72. The molecule has 4 rings (SSSR count). The molecule has 1 atom stereocenters. The molecule has 30 heavy (non-hydrogen) atoms. The van der Waals surface area contributed by atoms with Gasteiger partial charge in [-0.1, -0.05) is 72.3 Å². The third kappa shape index (κ3) is 5.04. The number of benzene rings is 3. The second-order valence-electron chi connectivity index (χ2n) is 7.88. The zero-order valence-electron chi connectivity index (χ0n) is 17.4. The van der Waals surface area contributed by atoms with Gasteiger partial charge in [-0.25, -0.2) is 0 Å². The maximum atomic E-state index is 6.64. The van der Waals surface area contributed by atoms with Gasteiger partial charge in [-0.2, -0.15) is 0 Å². The molecular weight excluding hydrogens is 392 g/mol. The van der Waals surface area contributed by atoms with E-state index in [1.807, 2.05) is 18.2 Å². The van der Waals surface area contributed by atoms with Gasteiger partial charge in [0.15, 0.2) is 0 Å². The Hall–Kier alpha value is -2.33. The molecule has 0 aromatic heterocycles. The molecule has 3 nitrogen and oxygen atoms in total. The molecule has 1 aliphatic rings. The largest absolute Gasteiger partial charge is 0.497 e. The first-order valence-corrected chi connectivity index (χ1v) is 11.0. The zero-order valence-corrected chi connectivity index (χ0v) is 18.2. The van der Waals surface area contributed by atoms with Crippen LogP contribution in [0.5, 0.6) is 5.75 Å². The first-order chi connectivity index (χ1) is 14.7. The van der Waals surface area contributed by atoms with Crippen molar-refractivity contribution in [2.24, 2.45) is 0 Å². The van der Waals surface area contributed by atoms with E-state index in [9.17, 15) is 0 Å². The van der Waals surface area contributed by atoms with Crippen molar-refractivity contribution >= 4 is 11.6 Å². The molecule has 3 aromatic rings. The Morgan fingerprint density at radius 2 is 1.70 bits per heavy atom. The highest BCUT2D eigenvalue weighted by atomic mass is 35.5. The fourth-order valence-corrected chi connectivity index (χ4v) is 4.55. The Morgan fingerprint density at radius 1 is 0.967 bits per heavy atom. The number of hydrogen-bond donors (Lipinski definition) is 1. The summed E-state index contributed by atoms with van der Waals surface area (Å²) in [5, 5.41) is 4.55. The van der Waals surface area contributed by atoms with Crippen LogP contribution in [0.4, 0.5) is 0 Å². The van der Waals surface area contributed by atoms with Gasteiger partial charge in [0.25, 0.3) is 0 Å². The zero-order chi connectivity index (χ0) is 20.8. The number of nitrogens with one attached hydrogen (secondary N) is 1. The fraction of sp³-hybridized carbons (Fsp3) is 0.308. The summed E-state index contributed by atoms with van der Waals surface area (Å²) in [6, 6.07) is 27.8. The van der Waals surface area contributed by atoms with Crippen LogP contribution in [-0.2, 0) is 6.54 Å². The van der Waals surface area contributed by atoms with Crippen molar-refractivity contribution in [2.45, 2.75) is 31.5 Å². The topological polar surface area (TPSA) is 24.5 Å².